The second-order valence-corrected chi connectivity index (χ2v) is 9.15. The van der Waals surface area contributed by atoms with Gasteiger partial charge in [-0.2, -0.15) is 0 Å². The number of ether oxygens (including phenoxy) is 1. The molecule has 1 unspecified atom stereocenters. The van der Waals surface area contributed by atoms with Crippen molar-refractivity contribution in [2.24, 2.45) is 4.99 Å². The average molecular weight is 538 g/mol. The fraction of sp³-hybridized carbons (Fsp3) is 0.650. The highest BCUT2D eigenvalue weighted by molar-refractivity contribution is 14.0. The number of halogens is 1. The van der Waals surface area contributed by atoms with Gasteiger partial charge in [0.1, 0.15) is 6.10 Å². The van der Waals surface area contributed by atoms with E-state index in [1.54, 1.807) is 6.92 Å². The zero-order valence-electron chi connectivity index (χ0n) is 17.9. The number of nitrogens with one attached hydrogen (secondary N) is 2. The smallest absolute Gasteiger partial charge is 0.211 e. The summed E-state index contributed by atoms with van der Waals surface area (Å²) in [4.78, 5) is 6.92. The zero-order valence-corrected chi connectivity index (χ0v) is 21.0. The first kappa shape index (κ1) is 26.1. The SMILES string of the molecule is CCNC(=NCCCNS(=O)(=O)CC)N1CCOC(c2ccc(C)cc2C)C1.I. The number of aliphatic imine (C=N–C) groups is 1. The second kappa shape index (κ2) is 12.7. The van der Waals surface area contributed by atoms with Crippen LogP contribution < -0.4 is 10.0 Å². The molecule has 1 aliphatic heterocycles. The topological polar surface area (TPSA) is 83.0 Å². The molecule has 0 radical (unpaired) electrons. The van der Waals surface area contributed by atoms with Crippen molar-refractivity contribution in [3.63, 3.8) is 0 Å². The third-order valence-electron chi connectivity index (χ3n) is 4.77. The molecule has 1 atom stereocenters. The quantitative estimate of drug-likeness (QED) is 0.230. The number of rotatable bonds is 8. The predicted molar refractivity (Wildman–Crippen MR) is 130 cm³/mol. The average Bonchev–Trinajstić information content (AvgIpc) is 2.67. The summed E-state index contributed by atoms with van der Waals surface area (Å²) in [6.45, 7) is 11.9. The lowest BCUT2D eigenvalue weighted by Crippen LogP contribution is -2.48. The van der Waals surface area contributed by atoms with Crippen LogP contribution in [0.1, 0.15) is 43.1 Å². The van der Waals surface area contributed by atoms with Crippen molar-refractivity contribution in [2.75, 3.05) is 45.1 Å². The Morgan fingerprint density at radius 3 is 2.72 bits per heavy atom. The van der Waals surface area contributed by atoms with Crippen LogP contribution in [0.3, 0.4) is 0 Å². The van der Waals surface area contributed by atoms with Crippen molar-refractivity contribution in [3.05, 3.63) is 34.9 Å². The Labute approximate surface area is 192 Å². The van der Waals surface area contributed by atoms with Gasteiger partial charge in [-0.25, -0.2) is 13.1 Å². The minimum Gasteiger partial charge on any atom is -0.370 e. The summed E-state index contributed by atoms with van der Waals surface area (Å²) in [7, 11) is -3.14. The van der Waals surface area contributed by atoms with Crippen LogP contribution in [0.15, 0.2) is 23.2 Å². The molecule has 0 aromatic heterocycles. The normalized spacial score (nSPS) is 17.7. The third kappa shape index (κ3) is 8.39. The molecule has 0 amide bonds. The molecule has 2 rings (SSSR count). The minimum atomic E-state index is -3.14. The van der Waals surface area contributed by atoms with Crippen molar-refractivity contribution in [1.82, 2.24) is 14.9 Å². The summed E-state index contributed by atoms with van der Waals surface area (Å²) in [5.41, 5.74) is 3.72. The number of hydrogen-bond donors (Lipinski definition) is 2. The first-order chi connectivity index (χ1) is 13.4. The molecule has 1 saturated heterocycles. The number of morpholine rings is 1. The summed E-state index contributed by atoms with van der Waals surface area (Å²) in [6.07, 6.45) is 0.688. The predicted octanol–water partition coefficient (Wildman–Crippen LogP) is 2.59. The first-order valence-corrected chi connectivity index (χ1v) is 11.7. The maximum Gasteiger partial charge on any atom is 0.211 e. The van der Waals surface area contributed by atoms with E-state index >= 15 is 0 Å². The van der Waals surface area contributed by atoms with Crippen molar-refractivity contribution in [1.29, 1.82) is 0 Å². The van der Waals surface area contributed by atoms with Gasteiger partial charge in [0, 0.05) is 26.2 Å². The number of sulfonamides is 1. The van der Waals surface area contributed by atoms with Crippen LogP contribution in [0.5, 0.6) is 0 Å². The van der Waals surface area contributed by atoms with Crippen LogP contribution in [0.2, 0.25) is 0 Å². The lowest BCUT2D eigenvalue weighted by Gasteiger charge is -2.36. The van der Waals surface area contributed by atoms with Gasteiger partial charge in [-0.05, 0) is 45.2 Å². The summed E-state index contributed by atoms with van der Waals surface area (Å²) in [5.74, 6) is 0.964. The molecule has 166 valence electrons. The van der Waals surface area contributed by atoms with Crippen molar-refractivity contribution in [2.45, 2.75) is 40.2 Å². The Kier molecular flexibility index (Phi) is 11.4. The molecular weight excluding hydrogens is 503 g/mol. The highest BCUT2D eigenvalue weighted by Crippen LogP contribution is 2.25. The molecule has 1 fully saturated rings. The van der Waals surface area contributed by atoms with E-state index in [9.17, 15) is 8.42 Å². The fourth-order valence-corrected chi connectivity index (χ4v) is 3.90. The molecule has 1 aromatic carbocycles. The number of guanidine groups is 1. The molecule has 1 aromatic rings. The Bertz CT molecular complexity index is 771. The van der Waals surface area contributed by atoms with Gasteiger partial charge in [0.25, 0.3) is 0 Å². The summed E-state index contributed by atoms with van der Waals surface area (Å²) < 4.78 is 31.6. The molecular formula is C20H35IN4O3S. The molecule has 9 heteroatoms. The maximum atomic E-state index is 11.5. The summed E-state index contributed by atoms with van der Waals surface area (Å²) in [5, 5.41) is 3.35. The largest absolute Gasteiger partial charge is 0.370 e. The number of benzene rings is 1. The standard InChI is InChI=1S/C20H34N4O3S.HI/c1-5-21-20(22-10-7-11-23-28(25,26)6-2)24-12-13-27-19(15-24)18-9-8-16(3)14-17(18)4;/h8-9,14,19,23H,5-7,10-13,15H2,1-4H3,(H,21,22);1H. The van der Waals surface area contributed by atoms with E-state index in [2.05, 4.69) is 52.0 Å². The second-order valence-electron chi connectivity index (χ2n) is 7.05. The van der Waals surface area contributed by atoms with Gasteiger partial charge >= 0.3 is 0 Å². The lowest BCUT2D eigenvalue weighted by molar-refractivity contribution is -0.00833. The van der Waals surface area contributed by atoms with Gasteiger partial charge in [0.15, 0.2) is 5.96 Å². The van der Waals surface area contributed by atoms with E-state index in [1.807, 2.05) is 6.92 Å². The van der Waals surface area contributed by atoms with Crippen LogP contribution in [-0.2, 0) is 14.8 Å². The molecule has 0 bridgehead atoms. The number of aryl methyl sites for hydroxylation is 2. The van der Waals surface area contributed by atoms with E-state index in [-0.39, 0.29) is 35.8 Å². The van der Waals surface area contributed by atoms with Gasteiger partial charge in [-0.3, -0.25) is 4.99 Å². The van der Waals surface area contributed by atoms with E-state index in [0.29, 0.717) is 26.1 Å². The van der Waals surface area contributed by atoms with E-state index in [0.717, 1.165) is 25.6 Å². The zero-order chi connectivity index (χ0) is 20.6. The van der Waals surface area contributed by atoms with Crippen LogP contribution in [0.25, 0.3) is 0 Å². The van der Waals surface area contributed by atoms with Gasteiger partial charge in [0.05, 0.1) is 18.9 Å². The van der Waals surface area contributed by atoms with Crippen molar-refractivity contribution in [3.8, 4) is 0 Å². The lowest BCUT2D eigenvalue weighted by atomic mass is 10.00. The molecule has 0 aliphatic carbocycles. The van der Waals surface area contributed by atoms with Crippen LogP contribution in [-0.4, -0.2) is 64.4 Å². The Morgan fingerprint density at radius 1 is 1.31 bits per heavy atom. The summed E-state index contributed by atoms with van der Waals surface area (Å²) in [6, 6.07) is 6.47. The third-order valence-corrected chi connectivity index (χ3v) is 6.18. The van der Waals surface area contributed by atoms with E-state index in [4.69, 9.17) is 4.74 Å². The van der Waals surface area contributed by atoms with Gasteiger partial charge < -0.3 is 15.0 Å². The van der Waals surface area contributed by atoms with Crippen molar-refractivity contribution < 1.29 is 13.2 Å². The molecule has 0 saturated carbocycles. The number of nitrogens with zero attached hydrogens (tertiary/aromatic N) is 2. The van der Waals surface area contributed by atoms with Crippen molar-refractivity contribution >= 4 is 40.0 Å². The van der Waals surface area contributed by atoms with Gasteiger partial charge in [0.2, 0.25) is 10.0 Å². The van der Waals surface area contributed by atoms with Gasteiger partial charge in [-0.15, -0.1) is 24.0 Å². The highest BCUT2D eigenvalue weighted by Gasteiger charge is 2.25. The molecule has 7 nitrogen and oxygen atoms in total. The molecule has 1 aliphatic rings. The van der Waals surface area contributed by atoms with Crippen LogP contribution >= 0.6 is 24.0 Å². The Hall–Kier alpha value is -0.910. The Balaban J connectivity index is 0.00000420. The highest BCUT2D eigenvalue weighted by atomic mass is 127. The fourth-order valence-electron chi connectivity index (χ4n) is 3.24. The Morgan fingerprint density at radius 2 is 2.07 bits per heavy atom. The number of hydrogen-bond acceptors (Lipinski definition) is 4. The molecule has 0 spiro atoms. The monoisotopic (exact) mass is 538 g/mol. The first-order valence-electron chi connectivity index (χ1n) is 10.1. The van der Waals surface area contributed by atoms with E-state index in [1.165, 1.54) is 16.7 Å². The maximum absolute atomic E-state index is 11.5. The van der Waals surface area contributed by atoms with Gasteiger partial charge in [-0.1, -0.05) is 23.8 Å². The van der Waals surface area contributed by atoms with Crippen LogP contribution in [0, 0.1) is 13.8 Å². The molecule has 29 heavy (non-hydrogen) atoms. The minimum absolute atomic E-state index is 0. The van der Waals surface area contributed by atoms with E-state index < -0.39 is 10.0 Å². The molecule has 2 N–H and O–H groups in total. The molecule has 1 heterocycles. The summed E-state index contributed by atoms with van der Waals surface area (Å²) >= 11 is 0. The van der Waals surface area contributed by atoms with Crippen LogP contribution in [0.4, 0.5) is 0 Å².